The van der Waals surface area contributed by atoms with Gasteiger partial charge in [-0.25, -0.2) is 4.79 Å². The van der Waals surface area contributed by atoms with Crippen molar-refractivity contribution in [3.8, 4) is 11.5 Å². The largest absolute Gasteiger partial charge is 0.485 e. The number of carbonyl (C=O) groups excluding carboxylic acids is 3. The fraction of sp³-hybridized carbons (Fsp3) is 0.526. The van der Waals surface area contributed by atoms with Gasteiger partial charge in [0.1, 0.15) is 6.61 Å². The molecule has 146 valence electrons. The van der Waals surface area contributed by atoms with E-state index in [0.717, 1.165) is 0 Å². The van der Waals surface area contributed by atoms with Crippen LogP contribution < -0.4 is 9.47 Å². The molecule has 1 fully saturated rings. The molecule has 0 radical (unpaired) electrons. The molecule has 0 saturated carbocycles. The SMILES string of the molecule is CCOC(=O)C1CCN(C(=O)COC(=O)[C@@H]2COc3ccccc3O2)CC1. The van der Waals surface area contributed by atoms with Crippen LogP contribution >= 0.6 is 0 Å². The minimum atomic E-state index is -0.901. The quantitative estimate of drug-likeness (QED) is 0.712. The molecular weight excluding hydrogens is 354 g/mol. The lowest BCUT2D eigenvalue weighted by atomic mass is 9.97. The number of benzene rings is 1. The van der Waals surface area contributed by atoms with Gasteiger partial charge in [-0.1, -0.05) is 12.1 Å². The maximum Gasteiger partial charge on any atom is 0.351 e. The van der Waals surface area contributed by atoms with E-state index >= 15 is 0 Å². The third-order valence-electron chi connectivity index (χ3n) is 4.58. The number of para-hydroxylation sites is 2. The van der Waals surface area contributed by atoms with Crippen LogP contribution in [-0.4, -0.2) is 61.8 Å². The zero-order valence-corrected chi connectivity index (χ0v) is 15.2. The average molecular weight is 377 g/mol. The molecule has 27 heavy (non-hydrogen) atoms. The van der Waals surface area contributed by atoms with Gasteiger partial charge in [0.15, 0.2) is 18.1 Å². The number of esters is 2. The molecule has 1 aromatic carbocycles. The maximum absolute atomic E-state index is 12.2. The van der Waals surface area contributed by atoms with Gasteiger partial charge in [0, 0.05) is 13.1 Å². The van der Waals surface area contributed by atoms with Gasteiger partial charge in [0.05, 0.1) is 12.5 Å². The van der Waals surface area contributed by atoms with Gasteiger partial charge in [-0.05, 0) is 31.9 Å². The van der Waals surface area contributed by atoms with E-state index in [1.165, 1.54) is 0 Å². The summed E-state index contributed by atoms with van der Waals surface area (Å²) in [4.78, 5) is 37.7. The first-order valence-corrected chi connectivity index (χ1v) is 9.08. The summed E-state index contributed by atoms with van der Waals surface area (Å²) < 4.78 is 21.1. The molecule has 3 rings (SSSR count). The van der Waals surface area contributed by atoms with Crippen LogP contribution in [0.2, 0.25) is 0 Å². The molecule has 8 heteroatoms. The first-order valence-electron chi connectivity index (χ1n) is 9.08. The second kappa shape index (κ2) is 8.75. The first-order chi connectivity index (χ1) is 13.1. The molecule has 2 aliphatic heterocycles. The Kier molecular flexibility index (Phi) is 6.16. The zero-order chi connectivity index (χ0) is 19.2. The topological polar surface area (TPSA) is 91.4 Å². The number of piperidine rings is 1. The number of amides is 1. The van der Waals surface area contributed by atoms with E-state index < -0.39 is 12.1 Å². The van der Waals surface area contributed by atoms with Gasteiger partial charge in [-0.3, -0.25) is 9.59 Å². The summed E-state index contributed by atoms with van der Waals surface area (Å²) in [7, 11) is 0. The van der Waals surface area contributed by atoms with Gasteiger partial charge in [0.2, 0.25) is 6.10 Å². The molecule has 2 heterocycles. The monoisotopic (exact) mass is 377 g/mol. The van der Waals surface area contributed by atoms with Crippen LogP contribution in [0.4, 0.5) is 0 Å². The van der Waals surface area contributed by atoms with Crippen molar-refractivity contribution in [1.29, 1.82) is 0 Å². The Hall–Kier alpha value is -2.77. The van der Waals surface area contributed by atoms with Crippen LogP contribution in [-0.2, 0) is 23.9 Å². The number of likely N-dealkylation sites (tertiary alicyclic amines) is 1. The lowest BCUT2D eigenvalue weighted by Crippen LogP contribution is -2.44. The molecule has 0 aliphatic carbocycles. The van der Waals surface area contributed by atoms with Crippen LogP contribution in [0.1, 0.15) is 19.8 Å². The summed E-state index contributed by atoms with van der Waals surface area (Å²) in [5.74, 6) is -0.280. The molecular formula is C19H23NO7. The second-order valence-corrected chi connectivity index (χ2v) is 6.38. The number of fused-ring (bicyclic) bond motifs is 1. The summed E-state index contributed by atoms with van der Waals surface area (Å²) in [5, 5.41) is 0. The number of carbonyl (C=O) groups is 3. The Bertz CT molecular complexity index is 697. The molecule has 1 atom stereocenters. The van der Waals surface area contributed by atoms with Crippen molar-refractivity contribution < 1.29 is 33.3 Å². The number of rotatable bonds is 5. The predicted molar refractivity (Wildman–Crippen MR) is 93.2 cm³/mol. The lowest BCUT2D eigenvalue weighted by Gasteiger charge is -2.31. The van der Waals surface area contributed by atoms with E-state index in [1.54, 1.807) is 30.0 Å². The highest BCUT2D eigenvalue weighted by Crippen LogP contribution is 2.31. The van der Waals surface area contributed by atoms with Crippen molar-refractivity contribution in [2.45, 2.75) is 25.9 Å². The van der Waals surface area contributed by atoms with Gasteiger partial charge in [-0.2, -0.15) is 0 Å². The van der Waals surface area contributed by atoms with E-state index in [0.29, 0.717) is 44.0 Å². The molecule has 1 saturated heterocycles. The van der Waals surface area contributed by atoms with Gasteiger partial charge in [0.25, 0.3) is 5.91 Å². The Labute approximate surface area is 157 Å². The normalized spacial score (nSPS) is 19.3. The number of ether oxygens (including phenoxy) is 4. The van der Waals surface area contributed by atoms with Crippen molar-refractivity contribution in [1.82, 2.24) is 4.90 Å². The van der Waals surface area contributed by atoms with E-state index in [-0.39, 0.29) is 31.0 Å². The number of hydrogen-bond acceptors (Lipinski definition) is 7. The molecule has 0 N–H and O–H groups in total. The Morgan fingerprint density at radius 3 is 2.48 bits per heavy atom. The molecule has 0 aromatic heterocycles. The van der Waals surface area contributed by atoms with Crippen LogP contribution in [0, 0.1) is 5.92 Å². The summed E-state index contributed by atoms with van der Waals surface area (Å²) in [6.07, 6.45) is 0.200. The van der Waals surface area contributed by atoms with Crippen LogP contribution in [0.3, 0.4) is 0 Å². The smallest absolute Gasteiger partial charge is 0.351 e. The molecule has 0 spiro atoms. The third kappa shape index (κ3) is 4.69. The van der Waals surface area contributed by atoms with Gasteiger partial charge >= 0.3 is 11.9 Å². The van der Waals surface area contributed by atoms with Crippen molar-refractivity contribution in [3.05, 3.63) is 24.3 Å². The summed E-state index contributed by atoms with van der Waals surface area (Å²) >= 11 is 0. The summed E-state index contributed by atoms with van der Waals surface area (Å²) in [6, 6.07) is 7.04. The minimum absolute atomic E-state index is 0.0367. The fourth-order valence-corrected chi connectivity index (χ4v) is 3.08. The van der Waals surface area contributed by atoms with E-state index in [4.69, 9.17) is 18.9 Å². The zero-order valence-electron chi connectivity index (χ0n) is 15.2. The minimum Gasteiger partial charge on any atom is -0.485 e. The highest BCUT2D eigenvalue weighted by atomic mass is 16.6. The van der Waals surface area contributed by atoms with E-state index in [2.05, 4.69) is 0 Å². The molecule has 0 bridgehead atoms. The van der Waals surface area contributed by atoms with Crippen molar-refractivity contribution >= 4 is 17.8 Å². The maximum atomic E-state index is 12.2. The summed E-state index contributed by atoms with van der Waals surface area (Å²) in [6.45, 7) is 2.68. The average Bonchev–Trinajstić information content (AvgIpc) is 2.71. The highest BCUT2D eigenvalue weighted by Gasteiger charge is 2.31. The number of nitrogens with zero attached hydrogens (tertiary/aromatic N) is 1. The third-order valence-corrected chi connectivity index (χ3v) is 4.58. The van der Waals surface area contributed by atoms with Gasteiger partial charge in [-0.15, -0.1) is 0 Å². The molecule has 2 aliphatic rings. The fourth-order valence-electron chi connectivity index (χ4n) is 3.08. The first kappa shape index (κ1) is 19.0. The highest BCUT2D eigenvalue weighted by molar-refractivity contribution is 5.83. The van der Waals surface area contributed by atoms with E-state index in [9.17, 15) is 14.4 Å². The second-order valence-electron chi connectivity index (χ2n) is 6.38. The molecule has 8 nitrogen and oxygen atoms in total. The Morgan fingerprint density at radius 2 is 1.78 bits per heavy atom. The van der Waals surface area contributed by atoms with Crippen LogP contribution in [0.5, 0.6) is 11.5 Å². The number of hydrogen-bond donors (Lipinski definition) is 0. The predicted octanol–water partition coefficient (Wildman–Crippen LogP) is 1.17. The van der Waals surface area contributed by atoms with Crippen LogP contribution in [0.15, 0.2) is 24.3 Å². The van der Waals surface area contributed by atoms with Crippen molar-refractivity contribution in [2.75, 3.05) is 32.9 Å². The molecule has 1 aromatic rings. The molecule has 1 amide bonds. The Morgan fingerprint density at radius 1 is 1.07 bits per heavy atom. The van der Waals surface area contributed by atoms with Crippen molar-refractivity contribution in [2.24, 2.45) is 5.92 Å². The van der Waals surface area contributed by atoms with Crippen molar-refractivity contribution in [3.63, 3.8) is 0 Å². The Balaban J connectivity index is 1.42. The molecule has 0 unspecified atom stereocenters. The van der Waals surface area contributed by atoms with Gasteiger partial charge < -0.3 is 23.8 Å². The standard InChI is InChI=1S/C19H23NO7/c1-2-24-18(22)13-7-9-20(10-8-13)17(21)12-26-19(23)16-11-25-14-5-3-4-6-15(14)27-16/h3-6,13,16H,2,7-12H2,1H3/t16-/m0/s1. The van der Waals surface area contributed by atoms with Crippen LogP contribution in [0.25, 0.3) is 0 Å². The van der Waals surface area contributed by atoms with E-state index in [1.807, 2.05) is 6.07 Å². The summed E-state index contributed by atoms with van der Waals surface area (Å²) in [5.41, 5.74) is 0. The lowest BCUT2D eigenvalue weighted by molar-refractivity contribution is -0.161.